The van der Waals surface area contributed by atoms with E-state index in [1.165, 1.54) is 0 Å². The zero-order valence-electron chi connectivity index (χ0n) is 11.4. The Morgan fingerprint density at radius 2 is 1.95 bits per heavy atom. The first-order chi connectivity index (χ1) is 8.95. The molecule has 0 saturated carbocycles. The van der Waals surface area contributed by atoms with Crippen LogP contribution < -0.4 is 9.46 Å². The summed E-state index contributed by atoms with van der Waals surface area (Å²) in [4.78, 5) is 0.244. The van der Waals surface area contributed by atoms with Gasteiger partial charge < -0.3 is 4.74 Å². The first-order valence-corrected chi connectivity index (χ1v) is 7.77. The van der Waals surface area contributed by atoms with Crippen molar-refractivity contribution in [1.29, 1.82) is 0 Å². The monoisotopic (exact) mass is 283 g/mol. The van der Waals surface area contributed by atoms with Crippen molar-refractivity contribution in [3.05, 3.63) is 36.9 Å². The van der Waals surface area contributed by atoms with Gasteiger partial charge in [-0.1, -0.05) is 19.9 Å². The maximum absolute atomic E-state index is 11.9. The van der Waals surface area contributed by atoms with Gasteiger partial charge in [-0.05, 0) is 36.6 Å². The predicted octanol–water partition coefficient (Wildman–Crippen LogP) is 2.58. The minimum absolute atomic E-state index is 0.244. The van der Waals surface area contributed by atoms with Crippen LogP contribution in [0.5, 0.6) is 5.75 Å². The number of benzene rings is 1. The molecular weight excluding hydrogens is 262 g/mol. The third-order valence-corrected chi connectivity index (χ3v) is 3.83. The minimum Gasteiger partial charge on any atom is -0.493 e. The molecule has 0 atom stereocenters. The van der Waals surface area contributed by atoms with E-state index in [4.69, 9.17) is 4.74 Å². The van der Waals surface area contributed by atoms with Crippen LogP contribution in [0.1, 0.15) is 20.3 Å². The third kappa shape index (κ3) is 5.44. The maximum atomic E-state index is 11.9. The van der Waals surface area contributed by atoms with Crippen molar-refractivity contribution < 1.29 is 13.2 Å². The zero-order valence-corrected chi connectivity index (χ0v) is 12.2. The molecule has 0 radical (unpaired) electrons. The summed E-state index contributed by atoms with van der Waals surface area (Å²) in [5, 5.41) is 0. The van der Waals surface area contributed by atoms with E-state index >= 15 is 0 Å². The number of rotatable bonds is 8. The molecule has 0 aliphatic carbocycles. The average Bonchev–Trinajstić information content (AvgIpc) is 2.37. The molecule has 0 aromatic heterocycles. The summed E-state index contributed by atoms with van der Waals surface area (Å²) in [6.07, 6.45) is 2.28. The van der Waals surface area contributed by atoms with E-state index in [1.54, 1.807) is 30.3 Å². The Hall–Kier alpha value is -1.33. The van der Waals surface area contributed by atoms with Gasteiger partial charge in [-0.3, -0.25) is 0 Å². The highest BCUT2D eigenvalue weighted by atomic mass is 32.2. The lowest BCUT2D eigenvalue weighted by molar-refractivity contribution is 0.271. The smallest absolute Gasteiger partial charge is 0.240 e. The number of nitrogens with one attached hydrogen (secondary N) is 1. The van der Waals surface area contributed by atoms with Crippen LogP contribution in [0.25, 0.3) is 0 Å². The third-order valence-electron chi connectivity index (χ3n) is 2.36. The highest BCUT2D eigenvalue weighted by Crippen LogP contribution is 2.16. The first kappa shape index (κ1) is 15.7. The molecule has 1 aromatic carbocycles. The molecule has 0 spiro atoms. The van der Waals surface area contributed by atoms with Crippen LogP contribution in [0.2, 0.25) is 0 Å². The summed E-state index contributed by atoms with van der Waals surface area (Å²) in [6.45, 7) is 8.64. The van der Waals surface area contributed by atoms with Crippen molar-refractivity contribution >= 4 is 10.0 Å². The van der Waals surface area contributed by atoms with Gasteiger partial charge in [0.15, 0.2) is 0 Å². The molecule has 106 valence electrons. The maximum Gasteiger partial charge on any atom is 0.240 e. The van der Waals surface area contributed by atoms with Crippen LogP contribution in [0.15, 0.2) is 41.8 Å². The fourth-order valence-corrected chi connectivity index (χ4v) is 2.40. The van der Waals surface area contributed by atoms with Crippen LogP contribution in [0, 0.1) is 5.92 Å². The molecule has 1 N–H and O–H groups in total. The average molecular weight is 283 g/mol. The minimum atomic E-state index is -3.43. The van der Waals surface area contributed by atoms with Crippen molar-refractivity contribution in [3.8, 4) is 5.75 Å². The highest BCUT2D eigenvalue weighted by Gasteiger charge is 2.12. The Morgan fingerprint density at radius 3 is 2.47 bits per heavy atom. The van der Waals surface area contributed by atoms with Gasteiger partial charge in [0, 0.05) is 6.54 Å². The van der Waals surface area contributed by atoms with E-state index in [-0.39, 0.29) is 4.90 Å². The molecule has 5 heteroatoms. The van der Waals surface area contributed by atoms with Crippen LogP contribution in [-0.2, 0) is 10.0 Å². The molecular formula is C14H21NO3S. The lowest BCUT2D eigenvalue weighted by Gasteiger charge is -2.10. The Morgan fingerprint density at radius 1 is 1.32 bits per heavy atom. The van der Waals surface area contributed by atoms with Crippen molar-refractivity contribution in [2.45, 2.75) is 25.2 Å². The van der Waals surface area contributed by atoms with Gasteiger partial charge in [-0.25, -0.2) is 13.1 Å². The molecule has 0 heterocycles. The van der Waals surface area contributed by atoms with E-state index in [2.05, 4.69) is 25.1 Å². The van der Waals surface area contributed by atoms with Crippen molar-refractivity contribution in [3.63, 3.8) is 0 Å². The van der Waals surface area contributed by atoms with Gasteiger partial charge in [0.2, 0.25) is 10.0 Å². The predicted molar refractivity (Wildman–Crippen MR) is 76.8 cm³/mol. The van der Waals surface area contributed by atoms with Gasteiger partial charge in [0.1, 0.15) is 5.75 Å². The van der Waals surface area contributed by atoms with Gasteiger partial charge >= 0.3 is 0 Å². The molecule has 19 heavy (non-hydrogen) atoms. The van der Waals surface area contributed by atoms with Gasteiger partial charge in [-0.15, -0.1) is 6.58 Å². The molecule has 0 aliphatic heterocycles. The first-order valence-electron chi connectivity index (χ1n) is 6.29. The van der Waals surface area contributed by atoms with Gasteiger partial charge in [0.05, 0.1) is 11.5 Å². The largest absolute Gasteiger partial charge is 0.493 e. The molecule has 0 amide bonds. The van der Waals surface area contributed by atoms with E-state index < -0.39 is 10.0 Å². The summed E-state index contributed by atoms with van der Waals surface area (Å²) in [5.41, 5.74) is 0. The molecule has 0 bridgehead atoms. The number of sulfonamides is 1. The number of hydrogen-bond donors (Lipinski definition) is 1. The Kier molecular flexibility index (Phi) is 6.05. The van der Waals surface area contributed by atoms with Gasteiger partial charge in [0.25, 0.3) is 0 Å². The van der Waals surface area contributed by atoms with E-state index in [9.17, 15) is 8.42 Å². The second kappa shape index (κ2) is 7.31. The zero-order chi connectivity index (χ0) is 14.3. The molecule has 0 saturated heterocycles. The second-order valence-electron chi connectivity index (χ2n) is 4.65. The lowest BCUT2D eigenvalue weighted by atomic mass is 10.2. The molecule has 0 unspecified atom stereocenters. The fourth-order valence-electron chi connectivity index (χ4n) is 1.36. The fraction of sp³-hybridized carbons (Fsp3) is 0.429. The summed E-state index contributed by atoms with van der Waals surface area (Å²) < 4.78 is 31.8. The Balaban J connectivity index is 2.66. The number of hydrogen-bond acceptors (Lipinski definition) is 3. The van der Waals surface area contributed by atoms with Crippen LogP contribution in [0.3, 0.4) is 0 Å². The number of ether oxygens (including phenoxy) is 1. The summed E-state index contributed by atoms with van der Waals surface area (Å²) in [5.74, 6) is 1.11. The summed E-state index contributed by atoms with van der Waals surface area (Å²) in [6, 6.07) is 6.44. The molecule has 4 nitrogen and oxygen atoms in total. The lowest BCUT2D eigenvalue weighted by Crippen LogP contribution is -2.24. The molecule has 1 aromatic rings. The van der Waals surface area contributed by atoms with Crippen LogP contribution in [-0.4, -0.2) is 21.6 Å². The summed E-state index contributed by atoms with van der Waals surface area (Å²) in [7, 11) is -3.43. The molecule has 1 rings (SSSR count). The van der Waals surface area contributed by atoms with Crippen molar-refractivity contribution in [1.82, 2.24) is 4.72 Å². The molecule has 0 aliphatic rings. The second-order valence-corrected chi connectivity index (χ2v) is 6.42. The van der Waals surface area contributed by atoms with Crippen LogP contribution in [0.4, 0.5) is 0 Å². The van der Waals surface area contributed by atoms with E-state index in [0.29, 0.717) is 31.2 Å². The summed E-state index contributed by atoms with van der Waals surface area (Å²) >= 11 is 0. The van der Waals surface area contributed by atoms with Crippen molar-refractivity contribution in [2.75, 3.05) is 13.2 Å². The highest BCUT2D eigenvalue weighted by molar-refractivity contribution is 7.89. The standard InChI is InChI=1S/C14H21NO3S/c1-4-5-10-15-19(16,17)14-8-6-13(7-9-14)18-11-12(2)3/h4,6-9,12,15H,1,5,10-11H2,2-3H3. The van der Waals surface area contributed by atoms with E-state index in [1.807, 2.05) is 0 Å². The van der Waals surface area contributed by atoms with Crippen LogP contribution >= 0.6 is 0 Å². The van der Waals surface area contributed by atoms with Gasteiger partial charge in [-0.2, -0.15) is 0 Å². The quantitative estimate of drug-likeness (QED) is 0.589. The Labute approximate surface area is 115 Å². The van der Waals surface area contributed by atoms with Crippen molar-refractivity contribution in [2.24, 2.45) is 5.92 Å². The van der Waals surface area contributed by atoms with E-state index in [0.717, 1.165) is 0 Å². The topological polar surface area (TPSA) is 55.4 Å². The SMILES string of the molecule is C=CCCNS(=O)(=O)c1ccc(OCC(C)C)cc1. The Bertz CT molecular complexity index is 492. The molecule has 0 fully saturated rings. The normalized spacial score (nSPS) is 11.5.